The van der Waals surface area contributed by atoms with Gasteiger partial charge in [-0.2, -0.15) is 0 Å². The lowest BCUT2D eigenvalue weighted by atomic mass is 9.89. The maximum Gasteiger partial charge on any atom is 0.0399 e. The molecular weight excluding hydrogens is 276 g/mol. The van der Waals surface area contributed by atoms with Crippen molar-refractivity contribution in [2.24, 2.45) is 5.92 Å². The van der Waals surface area contributed by atoms with Gasteiger partial charge in [0, 0.05) is 10.7 Å². The van der Waals surface area contributed by atoms with E-state index in [1.165, 1.54) is 35.9 Å². The Kier molecular flexibility index (Phi) is 4.94. The molecule has 1 fully saturated rings. The van der Waals surface area contributed by atoms with E-state index in [0.717, 1.165) is 19.0 Å². The minimum atomic E-state index is 0.558. The number of hydrogen-bond acceptors (Lipinski definition) is 3. The molecule has 0 bridgehead atoms. The van der Waals surface area contributed by atoms with Crippen molar-refractivity contribution in [1.82, 2.24) is 10.2 Å². The zero-order valence-electron chi connectivity index (χ0n) is 13.1. The van der Waals surface area contributed by atoms with E-state index < -0.39 is 0 Å². The first kappa shape index (κ1) is 15.0. The number of fused-ring (bicyclic) bond motifs is 1. The Morgan fingerprint density at radius 2 is 2.14 bits per heavy atom. The van der Waals surface area contributed by atoms with Gasteiger partial charge in [-0.05, 0) is 67.8 Å². The Bertz CT molecular complexity index is 577. The largest absolute Gasteiger partial charge is 0.317 e. The van der Waals surface area contributed by atoms with Gasteiger partial charge in [-0.25, -0.2) is 0 Å². The van der Waals surface area contributed by atoms with Crippen LogP contribution < -0.4 is 5.32 Å². The molecule has 1 aliphatic heterocycles. The van der Waals surface area contributed by atoms with Crippen molar-refractivity contribution in [2.45, 2.75) is 32.2 Å². The van der Waals surface area contributed by atoms with Crippen molar-refractivity contribution >= 4 is 21.4 Å². The summed E-state index contributed by atoms with van der Waals surface area (Å²) in [5.41, 5.74) is 1.54. The first-order chi connectivity index (χ1) is 10.3. The third kappa shape index (κ3) is 3.15. The van der Waals surface area contributed by atoms with Gasteiger partial charge in [0.1, 0.15) is 0 Å². The Labute approximate surface area is 132 Å². The van der Waals surface area contributed by atoms with E-state index in [9.17, 15) is 0 Å². The van der Waals surface area contributed by atoms with Crippen molar-refractivity contribution in [3.05, 3.63) is 35.2 Å². The second kappa shape index (κ2) is 6.91. The van der Waals surface area contributed by atoms with Gasteiger partial charge in [0.05, 0.1) is 0 Å². The first-order valence-electron chi connectivity index (χ1n) is 8.18. The van der Waals surface area contributed by atoms with Crippen molar-refractivity contribution in [1.29, 1.82) is 0 Å². The minimum absolute atomic E-state index is 0.558. The molecule has 2 nitrogen and oxygen atoms in total. The number of nitrogens with zero attached hydrogens (tertiary/aromatic N) is 1. The molecule has 2 atom stereocenters. The highest BCUT2D eigenvalue weighted by Gasteiger charge is 2.30. The van der Waals surface area contributed by atoms with Crippen molar-refractivity contribution < 1.29 is 0 Å². The number of nitrogens with one attached hydrogen (secondary N) is 1. The molecular formula is C18H26N2S. The molecule has 3 heteroatoms. The van der Waals surface area contributed by atoms with Crippen LogP contribution in [0.15, 0.2) is 29.6 Å². The SMILES string of the molecule is CCNCC1CCCCN(C)C1c1csc2ccccc12. The molecule has 21 heavy (non-hydrogen) atoms. The lowest BCUT2D eigenvalue weighted by Gasteiger charge is -2.32. The fourth-order valence-corrected chi connectivity index (χ4v) is 4.68. The molecule has 0 spiro atoms. The predicted octanol–water partition coefficient (Wildman–Crippen LogP) is 4.28. The maximum atomic E-state index is 3.58. The second-order valence-electron chi connectivity index (χ2n) is 6.18. The number of rotatable bonds is 4. The van der Waals surface area contributed by atoms with Crippen LogP contribution in [0.3, 0.4) is 0 Å². The average Bonchev–Trinajstić information content (AvgIpc) is 2.84. The predicted molar refractivity (Wildman–Crippen MR) is 93.1 cm³/mol. The van der Waals surface area contributed by atoms with Crippen LogP contribution in [-0.4, -0.2) is 31.6 Å². The summed E-state index contributed by atoms with van der Waals surface area (Å²) in [6.45, 7) is 5.62. The smallest absolute Gasteiger partial charge is 0.0399 e. The Hall–Kier alpha value is -0.900. The number of thiophene rings is 1. The van der Waals surface area contributed by atoms with E-state index in [4.69, 9.17) is 0 Å². The molecule has 0 radical (unpaired) electrons. The molecule has 2 aromatic rings. The van der Waals surface area contributed by atoms with E-state index in [2.05, 4.69) is 53.8 Å². The van der Waals surface area contributed by atoms with Gasteiger partial charge < -0.3 is 5.32 Å². The summed E-state index contributed by atoms with van der Waals surface area (Å²) in [5.74, 6) is 0.718. The van der Waals surface area contributed by atoms with E-state index in [0.29, 0.717) is 6.04 Å². The van der Waals surface area contributed by atoms with Gasteiger partial charge >= 0.3 is 0 Å². The summed E-state index contributed by atoms with van der Waals surface area (Å²) < 4.78 is 1.42. The minimum Gasteiger partial charge on any atom is -0.317 e. The lowest BCUT2D eigenvalue weighted by Crippen LogP contribution is -2.34. The average molecular weight is 302 g/mol. The Morgan fingerprint density at radius 3 is 3.00 bits per heavy atom. The molecule has 0 amide bonds. The Morgan fingerprint density at radius 1 is 1.29 bits per heavy atom. The summed E-state index contributed by atoms with van der Waals surface area (Å²) in [6, 6.07) is 9.43. The molecule has 1 saturated heterocycles. The Balaban J connectivity index is 1.97. The van der Waals surface area contributed by atoms with Crippen LogP contribution in [0.1, 0.15) is 37.8 Å². The molecule has 3 rings (SSSR count). The van der Waals surface area contributed by atoms with Gasteiger partial charge in [-0.15, -0.1) is 11.3 Å². The van der Waals surface area contributed by atoms with Crippen LogP contribution >= 0.6 is 11.3 Å². The fourth-order valence-electron chi connectivity index (χ4n) is 3.69. The highest BCUT2D eigenvalue weighted by molar-refractivity contribution is 7.17. The van der Waals surface area contributed by atoms with Crippen LogP contribution in [0.25, 0.3) is 10.1 Å². The molecule has 114 valence electrons. The molecule has 1 N–H and O–H groups in total. The van der Waals surface area contributed by atoms with Crippen molar-refractivity contribution in [2.75, 3.05) is 26.7 Å². The van der Waals surface area contributed by atoms with E-state index in [1.54, 1.807) is 5.56 Å². The maximum absolute atomic E-state index is 3.58. The van der Waals surface area contributed by atoms with Crippen molar-refractivity contribution in [3.63, 3.8) is 0 Å². The second-order valence-corrected chi connectivity index (χ2v) is 7.09. The molecule has 1 aliphatic rings. The monoisotopic (exact) mass is 302 g/mol. The van der Waals surface area contributed by atoms with Crippen LogP contribution in [0.2, 0.25) is 0 Å². The summed E-state index contributed by atoms with van der Waals surface area (Å²) in [7, 11) is 2.31. The first-order valence-corrected chi connectivity index (χ1v) is 9.06. The summed E-state index contributed by atoms with van der Waals surface area (Å²) in [5, 5.41) is 7.44. The number of hydrogen-bond donors (Lipinski definition) is 1. The zero-order chi connectivity index (χ0) is 14.7. The highest BCUT2D eigenvalue weighted by Crippen LogP contribution is 2.39. The lowest BCUT2D eigenvalue weighted by molar-refractivity contribution is 0.191. The summed E-state index contributed by atoms with van der Waals surface area (Å²) >= 11 is 1.90. The molecule has 0 aliphatic carbocycles. The molecule has 2 unspecified atom stereocenters. The zero-order valence-corrected chi connectivity index (χ0v) is 14.0. The van der Waals surface area contributed by atoms with Gasteiger partial charge in [-0.3, -0.25) is 4.90 Å². The number of likely N-dealkylation sites (tertiary alicyclic amines) is 1. The van der Waals surface area contributed by atoms with E-state index >= 15 is 0 Å². The van der Waals surface area contributed by atoms with Crippen LogP contribution in [-0.2, 0) is 0 Å². The number of benzene rings is 1. The molecule has 0 saturated carbocycles. The van der Waals surface area contributed by atoms with Crippen LogP contribution in [0.4, 0.5) is 0 Å². The molecule has 1 aromatic carbocycles. The van der Waals surface area contributed by atoms with E-state index in [1.807, 2.05) is 11.3 Å². The fraction of sp³-hybridized carbons (Fsp3) is 0.556. The topological polar surface area (TPSA) is 15.3 Å². The molecule has 2 heterocycles. The van der Waals surface area contributed by atoms with Crippen LogP contribution in [0, 0.1) is 5.92 Å². The third-order valence-corrected chi connectivity index (χ3v) is 5.72. The normalized spacial score (nSPS) is 24.3. The van der Waals surface area contributed by atoms with Gasteiger partial charge in [-0.1, -0.05) is 31.5 Å². The van der Waals surface area contributed by atoms with E-state index in [-0.39, 0.29) is 0 Å². The molecule has 1 aromatic heterocycles. The van der Waals surface area contributed by atoms with Crippen molar-refractivity contribution in [3.8, 4) is 0 Å². The van der Waals surface area contributed by atoms with Gasteiger partial charge in [0.2, 0.25) is 0 Å². The van der Waals surface area contributed by atoms with Crippen LogP contribution in [0.5, 0.6) is 0 Å². The quantitative estimate of drug-likeness (QED) is 0.906. The third-order valence-electron chi connectivity index (χ3n) is 4.74. The summed E-state index contributed by atoms with van der Waals surface area (Å²) in [6.07, 6.45) is 4.03. The highest BCUT2D eigenvalue weighted by atomic mass is 32.1. The standard InChI is InChI=1S/C18H26N2S/c1-3-19-12-14-8-6-7-11-20(2)18(14)16-13-21-17-10-5-4-9-15(16)17/h4-5,9-10,13-14,18-19H,3,6-8,11-12H2,1-2H3. The summed E-state index contributed by atoms with van der Waals surface area (Å²) in [4.78, 5) is 2.59. The van der Waals surface area contributed by atoms with Gasteiger partial charge in [0.15, 0.2) is 0 Å². The van der Waals surface area contributed by atoms with Gasteiger partial charge in [0.25, 0.3) is 0 Å².